The average molecular weight is 229 g/mol. The maximum absolute atomic E-state index is 5.19. The van der Waals surface area contributed by atoms with Gasteiger partial charge in [-0.2, -0.15) is 0 Å². The molecule has 1 aliphatic rings. The van der Waals surface area contributed by atoms with Crippen molar-refractivity contribution in [3.05, 3.63) is 29.3 Å². The van der Waals surface area contributed by atoms with Crippen molar-refractivity contribution in [2.24, 2.45) is 11.1 Å². The molecule has 2 rings (SSSR count). The van der Waals surface area contributed by atoms with Crippen LogP contribution in [0.15, 0.2) is 23.4 Å². The van der Waals surface area contributed by atoms with Gasteiger partial charge in [0.25, 0.3) is 0 Å². The molecule has 0 atom stereocenters. The molecule has 3 heteroatoms. The van der Waals surface area contributed by atoms with Crippen LogP contribution in [0.3, 0.4) is 0 Å². The van der Waals surface area contributed by atoms with E-state index in [0.717, 1.165) is 16.9 Å². The fraction of sp³-hybridized carbons (Fsp3) is 0.357. The van der Waals surface area contributed by atoms with Crippen molar-refractivity contribution in [1.82, 2.24) is 0 Å². The lowest BCUT2D eigenvalue weighted by molar-refractivity contribution is 0.215. The quantitative estimate of drug-likeness (QED) is 0.453. The molecule has 1 aromatic carbocycles. The summed E-state index contributed by atoms with van der Waals surface area (Å²) in [6.07, 6.45) is 4.10. The zero-order valence-corrected chi connectivity index (χ0v) is 10.1. The van der Waals surface area contributed by atoms with Crippen molar-refractivity contribution in [2.45, 2.75) is 12.8 Å². The Labute approximate surface area is 101 Å². The Balaban J connectivity index is 2.29. The molecule has 0 spiro atoms. The van der Waals surface area contributed by atoms with E-state index in [0.29, 0.717) is 5.92 Å². The van der Waals surface area contributed by atoms with E-state index in [2.05, 4.69) is 21.8 Å². The van der Waals surface area contributed by atoms with Gasteiger partial charge in [-0.25, -0.2) is 0 Å². The summed E-state index contributed by atoms with van der Waals surface area (Å²) in [5.41, 5.74) is 1.87. The van der Waals surface area contributed by atoms with Crippen molar-refractivity contribution in [1.29, 1.82) is 0 Å². The number of ether oxygens (including phenoxy) is 1. The van der Waals surface area contributed by atoms with Crippen LogP contribution < -0.4 is 4.74 Å². The van der Waals surface area contributed by atoms with Crippen LogP contribution in [0.1, 0.15) is 24.0 Å². The van der Waals surface area contributed by atoms with Gasteiger partial charge in [0.15, 0.2) is 0 Å². The van der Waals surface area contributed by atoms with Gasteiger partial charge in [-0.15, -0.1) is 0 Å². The second kappa shape index (κ2) is 5.40. The van der Waals surface area contributed by atoms with Crippen LogP contribution in [-0.4, -0.2) is 20.4 Å². The zero-order valence-electron chi connectivity index (χ0n) is 10.1. The van der Waals surface area contributed by atoms with E-state index in [-0.39, 0.29) is 0 Å². The highest BCUT2D eigenvalue weighted by atomic mass is 16.6. The third-order valence-corrected chi connectivity index (χ3v) is 2.55. The van der Waals surface area contributed by atoms with Gasteiger partial charge < -0.3 is 9.57 Å². The van der Waals surface area contributed by atoms with Crippen molar-refractivity contribution in [3.63, 3.8) is 0 Å². The molecule has 0 bridgehead atoms. The van der Waals surface area contributed by atoms with Crippen LogP contribution in [0, 0.1) is 17.8 Å². The lowest BCUT2D eigenvalue weighted by atomic mass is 10.1. The number of hydrogen-bond donors (Lipinski definition) is 0. The van der Waals surface area contributed by atoms with E-state index in [1.54, 1.807) is 13.3 Å². The van der Waals surface area contributed by atoms with Gasteiger partial charge in [0, 0.05) is 17.0 Å². The lowest BCUT2D eigenvalue weighted by Gasteiger charge is -2.02. The molecular formula is C14H15NO2. The second-order valence-corrected chi connectivity index (χ2v) is 3.91. The highest BCUT2D eigenvalue weighted by Crippen LogP contribution is 2.28. The van der Waals surface area contributed by atoms with Crippen LogP contribution in [0.4, 0.5) is 0 Å². The Morgan fingerprint density at radius 3 is 2.82 bits per heavy atom. The molecule has 1 fully saturated rings. The minimum atomic E-state index is 0.577. The van der Waals surface area contributed by atoms with Crippen LogP contribution in [0.2, 0.25) is 0 Å². The normalized spacial score (nSPS) is 14.2. The first-order valence-corrected chi connectivity index (χ1v) is 5.59. The van der Waals surface area contributed by atoms with Gasteiger partial charge in [0.2, 0.25) is 0 Å². The number of methoxy groups -OCH3 is 1. The van der Waals surface area contributed by atoms with Crippen LogP contribution in [0.5, 0.6) is 5.75 Å². The molecule has 0 heterocycles. The summed E-state index contributed by atoms with van der Waals surface area (Å²) < 4.78 is 5.19. The molecule has 3 nitrogen and oxygen atoms in total. The predicted octanol–water partition coefficient (Wildman–Crippen LogP) is 2.44. The summed E-state index contributed by atoms with van der Waals surface area (Å²) in [7, 11) is 3.17. The molecule has 17 heavy (non-hydrogen) atoms. The number of oxime groups is 1. The number of nitrogens with zero attached hydrogens (tertiary/aromatic N) is 1. The van der Waals surface area contributed by atoms with Crippen molar-refractivity contribution in [2.75, 3.05) is 14.2 Å². The lowest BCUT2D eigenvalue weighted by Crippen LogP contribution is -1.91. The van der Waals surface area contributed by atoms with E-state index < -0.39 is 0 Å². The first-order chi connectivity index (χ1) is 8.33. The first kappa shape index (κ1) is 11.5. The van der Waals surface area contributed by atoms with Crippen molar-refractivity contribution < 1.29 is 9.57 Å². The summed E-state index contributed by atoms with van der Waals surface area (Å²) >= 11 is 0. The summed E-state index contributed by atoms with van der Waals surface area (Å²) in [6.45, 7) is 0. The number of rotatable bonds is 3. The minimum Gasteiger partial charge on any atom is -0.497 e. The monoisotopic (exact) mass is 229 g/mol. The SMILES string of the molecule is CO/N=C/c1ccc(OC)cc1C#CC1CC1. The Bertz CT molecular complexity index is 479. The third kappa shape index (κ3) is 3.25. The van der Waals surface area contributed by atoms with Crippen molar-refractivity contribution >= 4 is 6.21 Å². The Hall–Kier alpha value is -1.95. The average Bonchev–Trinajstić information content (AvgIpc) is 3.18. The van der Waals surface area contributed by atoms with Gasteiger partial charge in [-0.3, -0.25) is 0 Å². The summed E-state index contributed by atoms with van der Waals surface area (Å²) in [6, 6.07) is 5.74. The molecule has 88 valence electrons. The van der Waals surface area contributed by atoms with E-state index in [9.17, 15) is 0 Å². The van der Waals surface area contributed by atoms with Crippen LogP contribution >= 0.6 is 0 Å². The zero-order chi connectivity index (χ0) is 12.1. The topological polar surface area (TPSA) is 30.8 Å². The molecule has 0 unspecified atom stereocenters. The smallest absolute Gasteiger partial charge is 0.120 e. The maximum Gasteiger partial charge on any atom is 0.120 e. The minimum absolute atomic E-state index is 0.577. The molecule has 1 aromatic rings. The molecular weight excluding hydrogens is 214 g/mol. The molecule has 0 radical (unpaired) electrons. The standard InChI is InChI=1S/C14H15NO2/c1-16-14-8-7-13(10-15-17-2)12(9-14)6-5-11-3-4-11/h7-11H,3-4H2,1-2H3/b15-10+. The molecule has 1 aliphatic carbocycles. The number of benzene rings is 1. The van der Waals surface area contributed by atoms with Gasteiger partial charge in [0.05, 0.1) is 13.3 Å². The van der Waals surface area contributed by atoms with Crippen LogP contribution in [-0.2, 0) is 4.84 Å². The summed E-state index contributed by atoms with van der Waals surface area (Å²) in [5, 5.41) is 3.77. The fourth-order valence-corrected chi connectivity index (χ4v) is 1.40. The summed E-state index contributed by atoms with van der Waals surface area (Å²) in [5.74, 6) is 7.80. The molecule has 0 aliphatic heterocycles. The highest BCUT2D eigenvalue weighted by Gasteiger charge is 2.17. The maximum atomic E-state index is 5.19. The molecule has 1 saturated carbocycles. The van der Waals surface area contributed by atoms with Crippen molar-refractivity contribution in [3.8, 4) is 17.6 Å². The largest absolute Gasteiger partial charge is 0.497 e. The molecule has 0 amide bonds. The Kier molecular flexibility index (Phi) is 3.66. The van der Waals surface area contributed by atoms with E-state index in [4.69, 9.17) is 4.74 Å². The van der Waals surface area contributed by atoms with E-state index in [1.807, 2.05) is 18.2 Å². The fourth-order valence-electron chi connectivity index (χ4n) is 1.40. The Morgan fingerprint density at radius 1 is 1.35 bits per heavy atom. The van der Waals surface area contributed by atoms with Gasteiger partial charge in [0.1, 0.15) is 12.9 Å². The van der Waals surface area contributed by atoms with Gasteiger partial charge >= 0.3 is 0 Å². The highest BCUT2D eigenvalue weighted by molar-refractivity contribution is 5.83. The van der Waals surface area contributed by atoms with Gasteiger partial charge in [-0.1, -0.05) is 17.0 Å². The number of hydrogen-bond acceptors (Lipinski definition) is 3. The summed E-state index contributed by atoms with van der Waals surface area (Å²) in [4.78, 5) is 4.69. The first-order valence-electron chi connectivity index (χ1n) is 5.59. The van der Waals surface area contributed by atoms with Gasteiger partial charge in [-0.05, 0) is 31.0 Å². The molecule has 0 aromatic heterocycles. The van der Waals surface area contributed by atoms with E-state index in [1.165, 1.54) is 20.0 Å². The molecule has 0 N–H and O–H groups in total. The predicted molar refractivity (Wildman–Crippen MR) is 67.2 cm³/mol. The Morgan fingerprint density at radius 2 is 2.18 bits per heavy atom. The van der Waals surface area contributed by atoms with E-state index >= 15 is 0 Å². The second-order valence-electron chi connectivity index (χ2n) is 3.91. The third-order valence-electron chi connectivity index (χ3n) is 2.55. The molecule has 0 saturated heterocycles. The van der Waals surface area contributed by atoms with Crippen LogP contribution in [0.25, 0.3) is 0 Å².